The summed E-state index contributed by atoms with van der Waals surface area (Å²) in [5.74, 6) is 0.248. The van der Waals surface area contributed by atoms with Crippen molar-refractivity contribution in [3.63, 3.8) is 0 Å². The summed E-state index contributed by atoms with van der Waals surface area (Å²) in [5, 5.41) is 8.58. The van der Waals surface area contributed by atoms with Gasteiger partial charge < -0.3 is 14.7 Å². The molecule has 0 bridgehead atoms. The lowest BCUT2D eigenvalue weighted by Crippen LogP contribution is -2.46. The molecule has 1 saturated heterocycles. The van der Waals surface area contributed by atoms with Gasteiger partial charge in [-0.25, -0.2) is 0 Å². The van der Waals surface area contributed by atoms with Gasteiger partial charge in [0.25, 0.3) is 0 Å². The van der Waals surface area contributed by atoms with Crippen LogP contribution in [0.4, 0.5) is 5.69 Å². The maximum atomic E-state index is 11.7. The fraction of sp³-hybridized carbons (Fsp3) is 0.579. The number of para-hydroxylation sites is 2. The van der Waals surface area contributed by atoms with Crippen LogP contribution in [0.2, 0.25) is 0 Å². The highest BCUT2D eigenvalue weighted by molar-refractivity contribution is 5.78. The summed E-state index contributed by atoms with van der Waals surface area (Å²) in [4.78, 5) is 26.9. The Morgan fingerprint density at radius 3 is 2.40 bits per heavy atom. The number of ether oxygens (including phenoxy) is 1. The third-order valence-electron chi connectivity index (χ3n) is 4.57. The minimum absolute atomic E-state index is 0.0800. The lowest BCUT2D eigenvalue weighted by molar-refractivity contribution is -0.137. The first-order valence-corrected chi connectivity index (χ1v) is 8.94. The third kappa shape index (κ3) is 6.38. The second kappa shape index (κ2) is 10.0. The molecule has 0 radical (unpaired) electrons. The average Bonchev–Trinajstić information content (AvgIpc) is 2.62. The topological polar surface area (TPSA) is 70.1 Å². The second-order valence-corrected chi connectivity index (χ2v) is 6.39. The molecule has 1 N–H and O–H groups in total. The Labute approximate surface area is 149 Å². The van der Waals surface area contributed by atoms with Gasteiger partial charge in [-0.05, 0) is 31.5 Å². The first-order valence-electron chi connectivity index (χ1n) is 8.94. The number of carboxylic acids is 1. The van der Waals surface area contributed by atoms with Crippen molar-refractivity contribution in [3.05, 3.63) is 24.3 Å². The number of carbonyl (C=O) groups is 2. The Hall–Kier alpha value is -2.08. The van der Waals surface area contributed by atoms with Crippen LogP contribution in [-0.4, -0.2) is 61.6 Å². The molecule has 1 aromatic carbocycles. The maximum absolute atomic E-state index is 11.7. The van der Waals surface area contributed by atoms with E-state index in [9.17, 15) is 9.59 Å². The summed E-state index contributed by atoms with van der Waals surface area (Å²) in [6, 6.07) is 8.08. The Balaban J connectivity index is 1.65. The maximum Gasteiger partial charge on any atom is 0.303 e. The number of piperazine rings is 1. The molecule has 1 fully saturated rings. The number of methoxy groups -OCH3 is 1. The third-order valence-corrected chi connectivity index (χ3v) is 4.57. The van der Waals surface area contributed by atoms with Crippen molar-refractivity contribution in [1.29, 1.82) is 0 Å². The summed E-state index contributed by atoms with van der Waals surface area (Å²) in [6.45, 7) is 4.78. The van der Waals surface area contributed by atoms with Crippen molar-refractivity contribution in [1.82, 2.24) is 4.90 Å². The molecule has 0 aliphatic carbocycles. The van der Waals surface area contributed by atoms with Gasteiger partial charge in [-0.1, -0.05) is 12.1 Å². The molecule has 0 spiro atoms. The molecular weight excluding hydrogens is 320 g/mol. The Bertz CT molecular complexity index is 568. The zero-order valence-corrected chi connectivity index (χ0v) is 14.9. The summed E-state index contributed by atoms with van der Waals surface area (Å²) < 4.78 is 5.43. The lowest BCUT2D eigenvalue weighted by atomic mass is 10.1. The first-order chi connectivity index (χ1) is 12.1. The van der Waals surface area contributed by atoms with Crippen molar-refractivity contribution < 1.29 is 19.4 Å². The lowest BCUT2D eigenvalue weighted by Gasteiger charge is -2.36. The summed E-state index contributed by atoms with van der Waals surface area (Å²) in [5.41, 5.74) is 1.14. The number of hydrogen-bond acceptors (Lipinski definition) is 5. The molecule has 0 aromatic heterocycles. The fourth-order valence-corrected chi connectivity index (χ4v) is 3.17. The summed E-state index contributed by atoms with van der Waals surface area (Å²) >= 11 is 0. The number of nitrogens with zero attached hydrogens (tertiary/aromatic N) is 2. The second-order valence-electron chi connectivity index (χ2n) is 6.39. The van der Waals surface area contributed by atoms with E-state index >= 15 is 0 Å². The number of ketones is 1. The Kier molecular flexibility index (Phi) is 7.73. The van der Waals surface area contributed by atoms with E-state index in [0.717, 1.165) is 50.6 Å². The average molecular weight is 348 g/mol. The van der Waals surface area contributed by atoms with E-state index in [4.69, 9.17) is 9.84 Å². The molecular formula is C19H28N2O4. The molecule has 1 heterocycles. The summed E-state index contributed by atoms with van der Waals surface area (Å²) in [6.07, 6.45) is 2.31. The molecule has 6 heteroatoms. The predicted molar refractivity (Wildman–Crippen MR) is 97.4 cm³/mol. The van der Waals surface area contributed by atoms with Gasteiger partial charge in [-0.2, -0.15) is 0 Å². The van der Waals surface area contributed by atoms with E-state index in [1.165, 1.54) is 0 Å². The minimum atomic E-state index is -0.833. The van der Waals surface area contributed by atoms with E-state index in [1.807, 2.05) is 18.2 Å². The largest absolute Gasteiger partial charge is 0.495 e. The quantitative estimate of drug-likeness (QED) is 0.700. The van der Waals surface area contributed by atoms with Crippen LogP contribution in [0.3, 0.4) is 0 Å². The van der Waals surface area contributed by atoms with E-state index in [0.29, 0.717) is 19.3 Å². The monoisotopic (exact) mass is 348 g/mol. The van der Waals surface area contributed by atoms with Crippen LogP contribution in [0.15, 0.2) is 24.3 Å². The van der Waals surface area contributed by atoms with Gasteiger partial charge >= 0.3 is 5.97 Å². The van der Waals surface area contributed by atoms with Crippen molar-refractivity contribution >= 4 is 17.4 Å². The molecule has 1 aliphatic heterocycles. The number of hydrogen-bond donors (Lipinski definition) is 1. The molecule has 2 rings (SSSR count). The van der Waals surface area contributed by atoms with Crippen molar-refractivity contribution in [3.8, 4) is 5.75 Å². The van der Waals surface area contributed by atoms with E-state index in [1.54, 1.807) is 7.11 Å². The number of carboxylic acid groups (broad SMARTS) is 1. The minimum Gasteiger partial charge on any atom is -0.495 e. The molecule has 25 heavy (non-hydrogen) atoms. The van der Waals surface area contributed by atoms with Gasteiger partial charge in [0.2, 0.25) is 0 Å². The number of aliphatic carboxylic acids is 1. The van der Waals surface area contributed by atoms with Crippen molar-refractivity contribution in [2.24, 2.45) is 0 Å². The van der Waals surface area contributed by atoms with Crippen LogP contribution < -0.4 is 9.64 Å². The molecule has 0 amide bonds. The van der Waals surface area contributed by atoms with Crippen LogP contribution in [-0.2, 0) is 9.59 Å². The zero-order valence-electron chi connectivity index (χ0n) is 14.9. The number of rotatable bonds is 10. The number of Topliss-reactive ketones (excluding diaryl/α,β-unsaturated/α-hetero) is 1. The van der Waals surface area contributed by atoms with Crippen molar-refractivity contribution in [2.45, 2.75) is 32.1 Å². The van der Waals surface area contributed by atoms with Crippen molar-refractivity contribution in [2.75, 3.05) is 44.7 Å². The highest BCUT2D eigenvalue weighted by Gasteiger charge is 2.19. The fourth-order valence-electron chi connectivity index (χ4n) is 3.17. The molecule has 138 valence electrons. The summed E-state index contributed by atoms with van der Waals surface area (Å²) in [7, 11) is 1.70. The highest BCUT2D eigenvalue weighted by atomic mass is 16.5. The SMILES string of the molecule is COc1ccccc1N1CCN(CCCC(=O)CCCC(=O)O)CC1. The number of anilines is 1. The number of benzene rings is 1. The molecule has 6 nitrogen and oxygen atoms in total. The Morgan fingerprint density at radius 2 is 1.72 bits per heavy atom. The van der Waals surface area contributed by atoms with Gasteiger partial charge in [-0.15, -0.1) is 0 Å². The van der Waals surface area contributed by atoms with Gasteiger partial charge in [0.1, 0.15) is 11.5 Å². The smallest absolute Gasteiger partial charge is 0.303 e. The molecule has 0 atom stereocenters. The predicted octanol–water partition coefficient (Wildman–Crippen LogP) is 2.42. The number of carbonyl (C=O) groups excluding carboxylic acids is 1. The van der Waals surface area contributed by atoms with Gasteiger partial charge in [0.05, 0.1) is 12.8 Å². The van der Waals surface area contributed by atoms with Gasteiger partial charge in [-0.3, -0.25) is 14.5 Å². The van der Waals surface area contributed by atoms with Crippen LogP contribution in [0, 0.1) is 0 Å². The van der Waals surface area contributed by atoms with E-state index in [-0.39, 0.29) is 12.2 Å². The van der Waals surface area contributed by atoms with E-state index in [2.05, 4.69) is 15.9 Å². The molecule has 1 aliphatic rings. The molecule has 1 aromatic rings. The molecule has 0 saturated carbocycles. The zero-order chi connectivity index (χ0) is 18.1. The van der Waals surface area contributed by atoms with E-state index < -0.39 is 5.97 Å². The standard InChI is InChI=1S/C19H28N2O4/c1-25-18-9-3-2-8-17(18)21-14-12-20(13-15-21)11-5-7-16(22)6-4-10-19(23)24/h2-3,8-9H,4-7,10-15H2,1H3,(H,23,24). The van der Waals surface area contributed by atoms with Crippen LogP contribution in [0.1, 0.15) is 32.1 Å². The Morgan fingerprint density at radius 1 is 1.04 bits per heavy atom. The molecule has 0 unspecified atom stereocenters. The van der Waals surface area contributed by atoms with Crippen LogP contribution in [0.5, 0.6) is 5.75 Å². The van der Waals surface area contributed by atoms with Crippen LogP contribution >= 0.6 is 0 Å². The normalized spacial score (nSPS) is 15.2. The first kappa shape index (κ1) is 19.2. The van der Waals surface area contributed by atoms with Crippen LogP contribution in [0.25, 0.3) is 0 Å². The highest BCUT2D eigenvalue weighted by Crippen LogP contribution is 2.28. The van der Waals surface area contributed by atoms with Gasteiger partial charge in [0.15, 0.2) is 0 Å². The van der Waals surface area contributed by atoms with Gasteiger partial charge in [0, 0.05) is 45.4 Å².